The summed E-state index contributed by atoms with van der Waals surface area (Å²) in [5.74, 6) is -0.00431. The van der Waals surface area contributed by atoms with Crippen molar-refractivity contribution >= 4 is 30.7 Å². The van der Waals surface area contributed by atoms with Gasteiger partial charge in [-0.05, 0) is 32.2 Å². The van der Waals surface area contributed by atoms with Gasteiger partial charge in [0.2, 0.25) is 5.91 Å². The summed E-state index contributed by atoms with van der Waals surface area (Å²) in [5, 5.41) is 3.02. The number of hydrogen-bond donors (Lipinski definition) is 3. The van der Waals surface area contributed by atoms with Crippen LogP contribution in [0.1, 0.15) is 44.9 Å². The molecule has 5 N–H and O–H groups in total. The van der Waals surface area contributed by atoms with Crippen LogP contribution in [0.5, 0.6) is 0 Å². The minimum atomic E-state index is -0.379. The van der Waals surface area contributed by atoms with Crippen LogP contribution in [0.25, 0.3) is 0 Å². The fraction of sp³-hybridized carbons (Fsp3) is 0.909. The average Bonchev–Trinajstić information content (AvgIpc) is 2.27. The van der Waals surface area contributed by atoms with Crippen LogP contribution in [-0.2, 0) is 4.79 Å². The standard InChI is InChI=1S/C11H23N3O.2ClH/c12-8-4-7-10(13)11(15)14-9-5-2-1-3-6-9;;/h9-10H,1-8,12-13H2,(H,14,15);2*1H. The fourth-order valence-corrected chi connectivity index (χ4v) is 2.02. The first-order valence-corrected chi connectivity index (χ1v) is 6.00. The Hall–Kier alpha value is -0.0300. The van der Waals surface area contributed by atoms with Crippen LogP contribution in [0.2, 0.25) is 0 Å². The van der Waals surface area contributed by atoms with Gasteiger partial charge in [0.15, 0.2) is 0 Å². The average molecular weight is 286 g/mol. The highest BCUT2D eigenvalue weighted by molar-refractivity contribution is 5.85. The van der Waals surface area contributed by atoms with E-state index in [-0.39, 0.29) is 36.8 Å². The van der Waals surface area contributed by atoms with E-state index in [0.717, 1.165) is 19.3 Å². The second-order valence-electron chi connectivity index (χ2n) is 4.38. The zero-order valence-corrected chi connectivity index (χ0v) is 11.8. The van der Waals surface area contributed by atoms with E-state index in [1.807, 2.05) is 0 Å². The topological polar surface area (TPSA) is 81.1 Å². The van der Waals surface area contributed by atoms with Gasteiger partial charge in [0.25, 0.3) is 0 Å². The Morgan fingerprint density at radius 2 is 1.82 bits per heavy atom. The smallest absolute Gasteiger partial charge is 0.237 e. The summed E-state index contributed by atoms with van der Waals surface area (Å²) in [6, 6.07) is -0.0225. The van der Waals surface area contributed by atoms with Crippen LogP contribution in [0.4, 0.5) is 0 Å². The summed E-state index contributed by atoms with van der Waals surface area (Å²) in [6.07, 6.45) is 7.47. The number of nitrogens with one attached hydrogen (secondary N) is 1. The molecule has 0 aliphatic heterocycles. The lowest BCUT2D eigenvalue weighted by Crippen LogP contribution is -2.46. The highest BCUT2D eigenvalue weighted by Gasteiger charge is 2.19. The van der Waals surface area contributed by atoms with Gasteiger partial charge in [-0.3, -0.25) is 4.79 Å². The number of carbonyl (C=O) groups is 1. The van der Waals surface area contributed by atoms with E-state index in [9.17, 15) is 4.79 Å². The Bertz CT molecular complexity index is 199. The van der Waals surface area contributed by atoms with Gasteiger partial charge in [0, 0.05) is 6.04 Å². The Balaban J connectivity index is 0. The molecule has 1 rings (SSSR count). The molecule has 4 nitrogen and oxygen atoms in total. The van der Waals surface area contributed by atoms with Crippen molar-refractivity contribution in [3.63, 3.8) is 0 Å². The fourth-order valence-electron chi connectivity index (χ4n) is 2.02. The summed E-state index contributed by atoms with van der Waals surface area (Å²) in [4.78, 5) is 11.6. The Morgan fingerprint density at radius 1 is 1.24 bits per heavy atom. The molecule has 1 amide bonds. The molecule has 104 valence electrons. The van der Waals surface area contributed by atoms with Gasteiger partial charge in [0.1, 0.15) is 0 Å². The van der Waals surface area contributed by atoms with E-state index in [0.29, 0.717) is 19.0 Å². The Labute approximate surface area is 116 Å². The maximum atomic E-state index is 11.6. The molecule has 1 aliphatic carbocycles. The van der Waals surface area contributed by atoms with E-state index >= 15 is 0 Å². The number of amides is 1. The summed E-state index contributed by atoms with van der Waals surface area (Å²) >= 11 is 0. The minimum Gasteiger partial charge on any atom is -0.352 e. The third-order valence-electron chi connectivity index (χ3n) is 3.01. The van der Waals surface area contributed by atoms with Crippen LogP contribution < -0.4 is 16.8 Å². The molecule has 0 heterocycles. The highest BCUT2D eigenvalue weighted by Crippen LogP contribution is 2.17. The van der Waals surface area contributed by atoms with Crippen molar-refractivity contribution in [2.75, 3.05) is 6.54 Å². The predicted octanol–water partition coefficient (Wildman–Crippen LogP) is 1.35. The lowest BCUT2D eigenvalue weighted by molar-refractivity contribution is -0.123. The molecule has 0 bridgehead atoms. The Morgan fingerprint density at radius 3 is 2.35 bits per heavy atom. The van der Waals surface area contributed by atoms with E-state index in [1.165, 1.54) is 19.3 Å². The van der Waals surface area contributed by atoms with E-state index in [4.69, 9.17) is 11.5 Å². The molecule has 0 aromatic carbocycles. The second-order valence-corrected chi connectivity index (χ2v) is 4.38. The number of rotatable bonds is 5. The number of nitrogens with two attached hydrogens (primary N) is 2. The minimum absolute atomic E-state index is 0. The molecule has 17 heavy (non-hydrogen) atoms. The van der Waals surface area contributed by atoms with Crippen molar-refractivity contribution in [1.82, 2.24) is 5.32 Å². The van der Waals surface area contributed by atoms with Crippen molar-refractivity contribution in [1.29, 1.82) is 0 Å². The van der Waals surface area contributed by atoms with Crippen molar-refractivity contribution in [2.45, 2.75) is 57.0 Å². The van der Waals surface area contributed by atoms with Crippen LogP contribution in [-0.4, -0.2) is 24.5 Å². The van der Waals surface area contributed by atoms with Gasteiger partial charge in [-0.2, -0.15) is 0 Å². The van der Waals surface area contributed by atoms with Gasteiger partial charge in [0.05, 0.1) is 6.04 Å². The number of halogens is 2. The monoisotopic (exact) mass is 285 g/mol. The van der Waals surface area contributed by atoms with E-state index < -0.39 is 0 Å². The molecule has 1 saturated carbocycles. The number of carbonyl (C=O) groups excluding carboxylic acids is 1. The largest absolute Gasteiger partial charge is 0.352 e. The first kappa shape index (κ1) is 19.3. The molecule has 1 aliphatic rings. The molecule has 6 heteroatoms. The predicted molar refractivity (Wildman–Crippen MR) is 75.8 cm³/mol. The summed E-state index contributed by atoms with van der Waals surface area (Å²) < 4.78 is 0. The molecule has 0 radical (unpaired) electrons. The van der Waals surface area contributed by atoms with Crippen molar-refractivity contribution in [2.24, 2.45) is 11.5 Å². The zero-order valence-electron chi connectivity index (χ0n) is 10.2. The van der Waals surface area contributed by atoms with Crippen molar-refractivity contribution in [3.05, 3.63) is 0 Å². The zero-order chi connectivity index (χ0) is 11.1. The molecule has 0 saturated heterocycles. The second kappa shape index (κ2) is 11.1. The van der Waals surface area contributed by atoms with Crippen molar-refractivity contribution < 1.29 is 4.79 Å². The molecule has 1 fully saturated rings. The first-order chi connectivity index (χ1) is 7.24. The summed E-state index contributed by atoms with van der Waals surface area (Å²) in [6.45, 7) is 0.602. The molecule has 1 unspecified atom stereocenters. The third-order valence-corrected chi connectivity index (χ3v) is 3.01. The van der Waals surface area contributed by atoms with E-state index in [2.05, 4.69) is 5.32 Å². The molecule has 1 atom stereocenters. The quantitative estimate of drug-likeness (QED) is 0.713. The maximum absolute atomic E-state index is 11.6. The molecular formula is C11H25Cl2N3O. The third kappa shape index (κ3) is 7.82. The van der Waals surface area contributed by atoms with Crippen LogP contribution in [0.3, 0.4) is 0 Å². The Kier molecular flexibility index (Phi) is 12.6. The maximum Gasteiger partial charge on any atom is 0.237 e. The van der Waals surface area contributed by atoms with Gasteiger partial charge >= 0.3 is 0 Å². The normalized spacial score (nSPS) is 17.5. The number of hydrogen-bond acceptors (Lipinski definition) is 3. The highest BCUT2D eigenvalue weighted by atomic mass is 35.5. The molecule has 0 aromatic heterocycles. The molecule has 0 spiro atoms. The molecular weight excluding hydrogens is 261 g/mol. The lowest BCUT2D eigenvalue weighted by atomic mass is 9.95. The summed E-state index contributed by atoms with van der Waals surface area (Å²) in [5.41, 5.74) is 11.1. The van der Waals surface area contributed by atoms with Crippen molar-refractivity contribution in [3.8, 4) is 0 Å². The SMILES string of the molecule is Cl.Cl.NCCCC(N)C(=O)NC1CCCCC1. The molecule has 0 aromatic rings. The van der Waals surface area contributed by atoms with Crippen LogP contribution >= 0.6 is 24.8 Å². The van der Waals surface area contributed by atoms with E-state index in [1.54, 1.807) is 0 Å². The van der Waals surface area contributed by atoms with Crippen LogP contribution in [0, 0.1) is 0 Å². The van der Waals surface area contributed by atoms with Gasteiger partial charge in [-0.15, -0.1) is 24.8 Å². The van der Waals surface area contributed by atoms with Gasteiger partial charge in [-0.25, -0.2) is 0 Å². The summed E-state index contributed by atoms with van der Waals surface area (Å²) in [7, 11) is 0. The lowest BCUT2D eigenvalue weighted by Gasteiger charge is -2.24. The van der Waals surface area contributed by atoms with Gasteiger partial charge in [-0.1, -0.05) is 19.3 Å². The first-order valence-electron chi connectivity index (χ1n) is 6.00. The van der Waals surface area contributed by atoms with Crippen LogP contribution in [0.15, 0.2) is 0 Å². The van der Waals surface area contributed by atoms with Gasteiger partial charge < -0.3 is 16.8 Å².